The molecule has 3 rings (SSSR count). The smallest absolute Gasteiger partial charge is 0.225 e. The van der Waals surface area contributed by atoms with Crippen LogP contribution in [0.2, 0.25) is 0 Å². The number of hydrogen-bond donors (Lipinski definition) is 1. The fraction of sp³-hybridized carbons (Fsp3) is 0.389. The molecule has 1 atom stereocenters. The maximum atomic E-state index is 12.4. The van der Waals surface area contributed by atoms with Crippen LogP contribution < -0.4 is 10.2 Å². The molecule has 1 aliphatic rings. The van der Waals surface area contributed by atoms with E-state index in [-0.39, 0.29) is 24.2 Å². The third kappa shape index (κ3) is 3.99. The van der Waals surface area contributed by atoms with E-state index in [9.17, 15) is 9.59 Å². The molecule has 0 saturated carbocycles. The van der Waals surface area contributed by atoms with Crippen molar-refractivity contribution >= 4 is 17.6 Å². The molecule has 7 heteroatoms. The third-order valence-corrected chi connectivity index (χ3v) is 4.26. The van der Waals surface area contributed by atoms with Gasteiger partial charge < -0.3 is 19.5 Å². The van der Waals surface area contributed by atoms with Crippen LogP contribution >= 0.6 is 0 Å². The Labute approximate surface area is 146 Å². The summed E-state index contributed by atoms with van der Waals surface area (Å²) in [6, 6.07) is 7.40. The molecule has 2 amide bonds. The number of nitrogens with zero attached hydrogens (tertiary/aromatic N) is 3. The predicted molar refractivity (Wildman–Crippen MR) is 92.6 cm³/mol. The molecule has 1 N–H and O–H groups in total. The van der Waals surface area contributed by atoms with Gasteiger partial charge in [-0.25, -0.2) is 4.98 Å². The first kappa shape index (κ1) is 17.0. The minimum absolute atomic E-state index is 0.0214. The Morgan fingerprint density at radius 2 is 2.24 bits per heavy atom. The summed E-state index contributed by atoms with van der Waals surface area (Å²) in [4.78, 5) is 32.5. The molecule has 0 aromatic carbocycles. The number of carbonyl (C=O) groups is 2. The second-order valence-corrected chi connectivity index (χ2v) is 6.35. The minimum atomic E-state index is -0.332. The molecule has 132 valence electrons. The molecular weight excluding hydrogens is 320 g/mol. The number of furan rings is 1. The van der Waals surface area contributed by atoms with E-state index in [0.717, 1.165) is 17.1 Å². The third-order valence-electron chi connectivity index (χ3n) is 4.26. The van der Waals surface area contributed by atoms with Crippen molar-refractivity contribution in [3.05, 3.63) is 48.0 Å². The lowest BCUT2D eigenvalue weighted by molar-refractivity contribution is -0.129. The Balaban J connectivity index is 1.56. The van der Waals surface area contributed by atoms with E-state index in [1.165, 1.54) is 0 Å². The van der Waals surface area contributed by atoms with Crippen LogP contribution in [0.25, 0.3) is 0 Å². The van der Waals surface area contributed by atoms with E-state index >= 15 is 0 Å². The van der Waals surface area contributed by atoms with Crippen LogP contribution in [-0.4, -0.2) is 42.3 Å². The van der Waals surface area contributed by atoms with Gasteiger partial charge in [0.15, 0.2) is 0 Å². The quantitative estimate of drug-likeness (QED) is 0.859. The molecule has 1 saturated heterocycles. The van der Waals surface area contributed by atoms with Gasteiger partial charge in [0.05, 0.1) is 18.7 Å². The fourth-order valence-electron chi connectivity index (χ4n) is 2.99. The zero-order valence-corrected chi connectivity index (χ0v) is 14.4. The molecule has 0 bridgehead atoms. The van der Waals surface area contributed by atoms with Gasteiger partial charge in [-0.1, -0.05) is 6.07 Å². The molecular formula is C18H22N4O3. The van der Waals surface area contributed by atoms with Crippen LogP contribution in [0.1, 0.15) is 17.7 Å². The second kappa shape index (κ2) is 7.38. The first-order valence-corrected chi connectivity index (χ1v) is 8.23. The summed E-state index contributed by atoms with van der Waals surface area (Å²) in [6.07, 6.45) is 3.54. The highest BCUT2D eigenvalue weighted by Gasteiger charge is 2.34. The standard InChI is InChI=1S/C18H22N4O3/c1-21(2)17-13(5-3-7-19-17)10-20-18(24)14-9-16(23)22(11-14)12-15-6-4-8-25-15/h3-8,14H,9-12H2,1-2H3,(H,20,24)/t14-/m0/s1. The Kier molecular flexibility index (Phi) is 5.02. The lowest BCUT2D eigenvalue weighted by Crippen LogP contribution is -2.33. The second-order valence-electron chi connectivity index (χ2n) is 6.35. The summed E-state index contributed by atoms with van der Waals surface area (Å²) >= 11 is 0. The van der Waals surface area contributed by atoms with Crippen LogP contribution in [0.5, 0.6) is 0 Å². The summed E-state index contributed by atoms with van der Waals surface area (Å²) in [6.45, 7) is 1.21. The van der Waals surface area contributed by atoms with Crippen LogP contribution in [-0.2, 0) is 22.7 Å². The highest BCUT2D eigenvalue weighted by atomic mass is 16.3. The van der Waals surface area contributed by atoms with Crippen LogP contribution in [0.3, 0.4) is 0 Å². The van der Waals surface area contributed by atoms with Crippen LogP contribution in [0, 0.1) is 5.92 Å². The van der Waals surface area contributed by atoms with E-state index in [4.69, 9.17) is 4.42 Å². The van der Waals surface area contributed by atoms with E-state index in [0.29, 0.717) is 19.6 Å². The number of pyridine rings is 1. The van der Waals surface area contributed by atoms with Crippen molar-refractivity contribution in [2.75, 3.05) is 25.5 Å². The SMILES string of the molecule is CN(C)c1ncccc1CNC(=O)[C@H]1CC(=O)N(Cc2ccco2)C1. The topological polar surface area (TPSA) is 78.7 Å². The van der Waals surface area contributed by atoms with Gasteiger partial charge in [-0.15, -0.1) is 0 Å². The predicted octanol–water partition coefficient (Wildman–Crippen LogP) is 1.41. The van der Waals surface area contributed by atoms with Crippen molar-refractivity contribution in [3.63, 3.8) is 0 Å². The number of rotatable bonds is 6. The molecule has 0 unspecified atom stereocenters. The summed E-state index contributed by atoms with van der Waals surface area (Å²) in [5, 5.41) is 2.93. The maximum Gasteiger partial charge on any atom is 0.225 e. The average Bonchev–Trinajstić information content (AvgIpc) is 3.23. The summed E-state index contributed by atoms with van der Waals surface area (Å²) in [7, 11) is 3.83. The Morgan fingerprint density at radius 3 is 2.96 bits per heavy atom. The number of aromatic nitrogens is 1. The van der Waals surface area contributed by atoms with Crippen LogP contribution in [0.4, 0.5) is 5.82 Å². The average molecular weight is 342 g/mol. The van der Waals surface area contributed by atoms with Gasteiger partial charge in [0.1, 0.15) is 11.6 Å². The van der Waals surface area contributed by atoms with E-state index < -0.39 is 0 Å². The largest absolute Gasteiger partial charge is 0.467 e. The highest BCUT2D eigenvalue weighted by molar-refractivity contribution is 5.89. The van der Waals surface area contributed by atoms with Crippen LogP contribution in [0.15, 0.2) is 41.1 Å². The van der Waals surface area contributed by atoms with Gasteiger partial charge in [-0.3, -0.25) is 9.59 Å². The molecule has 25 heavy (non-hydrogen) atoms. The molecule has 0 spiro atoms. The van der Waals surface area contributed by atoms with Gasteiger partial charge in [0.25, 0.3) is 0 Å². The van der Waals surface area contributed by atoms with Crippen molar-refractivity contribution in [1.82, 2.24) is 15.2 Å². The first-order valence-electron chi connectivity index (χ1n) is 8.23. The van der Waals surface area contributed by atoms with E-state index in [1.807, 2.05) is 37.2 Å². The van der Waals surface area contributed by atoms with Crippen molar-refractivity contribution in [3.8, 4) is 0 Å². The lowest BCUT2D eigenvalue weighted by atomic mass is 10.1. The van der Waals surface area contributed by atoms with Crippen molar-refractivity contribution in [1.29, 1.82) is 0 Å². The van der Waals surface area contributed by atoms with E-state index in [1.54, 1.807) is 23.4 Å². The molecule has 0 aliphatic carbocycles. The Morgan fingerprint density at radius 1 is 1.40 bits per heavy atom. The number of likely N-dealkylation sites (tertiary alicyclic amines) is 1. The molecule has 2 aromatic heterocycles. The molecule has 3 heterocycles. The van der Waals surface area contributed by atoms with Gasteiger partial charge in [-0.2, -0.15) is 0 Å². The number of amides is 2. The number of anilines is 1. The zero-order chi connectivity index (χ0) is 17.8. The number of hydrogen-bond acceptors (Lipinski definition) is 5. The summed E-state index contributed by atoms with van der Waals surface area (Å²) < 4.78 is 5.27. The molecule has 2 aromatic rings. The van der Waals surface area contributed by atoms with Crippen molar-refractivity contribution in [2.45, 2.75) is 19.5 Å². The Bertz CT molecular complexity index is 743. The first-order chi connectivity index (χ1) is 12.0. The molecule has 0 radical (unpaired) electrons. The summed E-state index contributed by atoms with van der Waals surface area (Å²) in [5.74, 6) is 1.09. The molecule has 7 nitrogen and oxygen atoms in total. The van der Waals surface area contributed by atoms with Crippen molar-refractivity contribution in [2.24, 2.45) is 5.92 Å². The zero-order valence-electron chi connectivity index (χ0n) is 14.4. The Hall–Kier alpha value is -2.83. The maximum absolute atomic E-state index is 12.4. The highest BCUT2D eigenvalue weighted by Crippen LogP contribution is 2.21. The monoisotopic (exact) mass is 342 g/mol. The lowest BCUT2D eigenvalue weighted by Gasteiger charge is -2.17. The minimum Gasteiger partial charge on any atom is -0.467 e. The molecule has 1 fully saturated rings. The van der Waals surface area contributed by atoms with Gasteiger partial charge in [0.2, 0.25) is 11.8 Å². The van der Waals surface area contributed by atoms with Gasteiger partial charge in [0, 0.05) is 45.4 Å². The van der Waals surface area contributed by atoms with Crippen molar-refractivity contribution < 1.29 is 14.0 Å². The van der Waals surface area contributed by atoms with E-state index in [2.05, 4.69) is 10.3 Å². The normalized spacial score (nSPS) is 17.0. The summed E-state index contributed by atoms with van der Waals surface area (Å²) in [5.41, 5.74) is 0.942. The van der Waals surface area contributed by atoms with Gasteiger partial charge in [-0.05, 0) is 18.2 Å². The fourth-order valence-corrected chi connectivity index (χ4v) is 2.99. The number of carbonyl (C=O) groups excluding carboxylic acids is 2. The molecule has 1 aliphatic heterocycles. The number of nitrogens with one attached hydrogen (secondary N) is 1. The van der Waals surface area contributed by atoms with Gasteiger partial charge >= 0.3 is 0 Å².